The number of nitrogens with zero attached hydrogens (tertiary/aromatic N) is 1. The SMILES string of the molecule is COc1ccc(NC(=O)N[C@@H]2CNC[C@H]2CC(OC)c2ccc(F)c(F)c2)c(-c2ccccc2)n1. The van der Waals surface area contributed by atoms with E-state index in [-0.39, 0.29) is 18.0 Å². The summed E-state index contributed by atoms with van der Waals surface area (Å²) in [5, 5.41) is 9.21. The average molecular weight is 483 g/mol. The smallest absolute Gasteiger partial charge is 0.319 e. The van der Waals surface area contributed by atoms with E-state index in [4.69, 9.17) is 9.47 Å². The van der Waals surface area contributed by atoms with Gasteiger partial charge in [0.1, 0.15) is 0 Å². The molecule has 2 amide bonds. The molecule has 2 aromatic carbocycles. The van der Waals surface area contributed by atoms with Gasteiger partial charge in [0.2, 0.25) is 5.88 Å². The van der Waals surface area contributed by atoms with E-state index in [1.807, 2.05) is 30.3 Å². The Bertz CT molecular complexity index is 1160. The van der Waals surface area contributed by atoms with Crippen LogP contribution in [0.4, 0.5) is 19.3 Å². The highest BCUT2D eigenvalue weighted by molar-refractivity contribution is 5.93. The molecule has 1 aliphatic heterocycles. The molecule has 3 atom stereocenters. The predicted octanol–water partition coefficient (Wildman–Crippen LogP) is 4.52. The van der Waals surface area contributed by atoms with Gasteiger partial charge in [0.05, 0.1) is 24.6 Å². The lowest BCUT2D eigenvalue weighted by Crippen LogP contribution is -2.43. The van der Waals surface area contributed by atoms with Crippen LogP contribution in [0.25, 0.3) is 11.3 Å². The third-order valence-corrected chi connectivity index (χ3v) is 6.15. The van der Waals surface area contributed by atoms with Gasteiger partial charge in [-0.05, 0) is 36.1 Å². The molecule has 0 saturated carbocycles. The zero-order valence-corrected chi connectivity index (χ0v) is 19.6. The highest BCUT2D eigenvalue weighted by atomic mass is 19.2. The number of pyridine rings is 1. The minimum absolute atomic E-state index is 0.0291. The van der Waals surface area contributed by atoms with Gasteiger partial charge in [0, 0.05) is 37.9 Å². The van der Waals surface area contributed by atoms with Gasteiger partial charge in [0.25, 0.3) is 0 Å². The van der Waals surface area contributed by atoms with E-state index in [0.29, 0.717) is 42.3 Å². The Morgan fingerprint density at radius 2 is 1.89 bits per heavy atom. The van der Waals surface area contributed by atoms with Crippen molar-refractivity contribution in [2.45, 2.75) is 18.6 Å². The highest BCUT2D eigenvalue weighted by Gasteiger charge is 2.31. The lowest BCUT2D eigenvalue weighted by molar-refractivity contribution is 0.0788. The Balaban J connectivity index is 1.45. The van der Waals surface area contributed by atoms with E-state index >= 15 is 0 Å². The standard InChI is InChI=1S/C26H28F2N4O3/c1-34-23(17-8-9-19(27)20(28)12-17)13-18-14-29-15-22(18)31-26(33)30-21-10-11-24(35-2)32-25(21)16-6-4-3-5-7-16/h3-12,18,22-23,29H,13-15H2,1-2H3,(H2,30,31,33)/t18-,22-,23?/m1/s1. The molecule has 0 aliphatic carbocycles. The predicted molar refractivity (Wildman–Crippen MR) is 129 cm³/mol. The number of halogens is 2. The molecule has 1 unspecified atom stereocenters. The molecule has 9 heteroatoms. The molecule has 1 fully saturated rings. The van der Waals surface area contributed by atoms with Crippen LogP contribution in [0, 0.1) is 17.6 Å². The Labute approximate surface area is 202 Å². The quantitative estimate of drug-likeness (QED) is 0.440. The Hall–Kier alpha value is -3.56. The molecule has 0 spiro atoms. The highest BCUT2D eigenvalue weighted by Crippen LogP contribution is 2.30. The molecular weight excluding hydrogens is 454 g/mol. The Kier molecular flexibility index (Phi) is 7.89. The van der Waals surface area contributed by atoms with E-state index in [2.05, 4.69) is 20.9 Å². The number of methoxy groups -OCH3 is 2. The monoisotopic (exact) mass is 482 g/mol. The molecule has 1 saturated heterocycles. The van der Waals surface area contributed by atoms with Gasteiger partial charge in [-0.25, -0.2) is 18.6 Å². The molecule has 1 aliphatic rings. The summed E-state index contributed by atoms with van der Waals surface area (Å²) in [6.07, 6.45) is 0.0941. The number of hydrogen-bond acceptors (Lipinski definition) is 5. The van der Waals surface area contributed by atoms with E-state index in [9.17, 15) is 13.6 Å². The van der Waals surface area contributed by atoms with Crippen molar-refractivity contribution in [2.24, 2.45) is 5.92 Å². The summed E-state index contributed by atoms with van der Waals surface area (Å²) in [5.74, 6) is -1.34. The molecule has 1 aromatic heterocycles. The topological polar surface area (TPSA) is 84.5 Å². The summed E-state index contributed by atoms with van der Waals surface area (Å²) in [6, 6.07) is 16.2. The van der Waals surface area contributed by atoms with Crippen molar-refractivity contribution in [3.8, 4) is 17.1 Å². The maximum Gasteiger partial charge on any atom is 0.319 e. The first-order valence-electron chi connectivity index (χ1n) is 11.3. The average Bonchev–Trinajstić information content (AvgIpc) is 3.31. The number of ether oxygens (including phenoxy) is 2. The molecule has 2 heterocycles. The first-order chi connectivity index (χ1) is 17.0. The number of aromatic nitrogens is 1. The summed E-state index contributed by atoms with van der Waals surface area (Å²) in [7, 11) is 3.07. The molecule has 0 bridgehead atoms. The maximum absolute atomic E-state index is 13.7. The number of benzene rings is 2. The lowest BCUT2D eigenvalue weighted by atomic mass is 9.93. The van der Waals surface area contributed by atoms with E-state index in [1.54, 1.807) is 12.1 Å². The third kappa shape index (κ3) is 5.93. The van der Waals surface area contributed by atoms with Crippen LogP contribution in [0.5, 0.6) is 5.88 Å². The Morgan fingerprint density at radius 3 is 2.60 bits per heavy atom. The number of carbonyl (C=O) groups is 1. The van der Waals surface area contributed by atoms with Crippen LogP contribution in [0.15, 0.2) is 60.7 Å². The molecule has 3 aromatic rings. The van der Waals surface area contributed by atoms with Gasteiger partial charge >= 0.3 is 6.03 Å². The molecule has 184 valence electrons. The summed E-state index contributed by atoms with van der Waals surface area (Å²) in [4.78, 5) is 17.4. The fraction of sp³-hybridized carbons (Fsp3) is 0.308. The number of amides is 2. The number of urea groups is 1. The van der Waals surface area contributed by atoms with Crippen molar-refractivity contribution in [1.82, 2.24) is 15.6 Å². The summed E-state index contributed by atoms with van der Waals surface area (Å²) in [6.45, 7) is 1.24. The molecule has 35 heavy (non-hydrogen) atoms. The van der Waals surface area contributed by atoms with E-state index in [1.165, 1.54) is 20.3 Å². The van der Waals surface area contributed by atoms with Crippen molar-refractivity contribution in [1.29, 1.82) is 0 Å². The van der Waals surface area contributed by atoms with Crippen LogP contribution in [-0.4, -0.2) is 44.4 Å². The van der Waals surface area contributed by atoms with Crippen LogP contribution in [0.1, 0.15) is 18.1 Å². The van der Waals surface area contributed by atoms with Crippen LogP contribution in [0.2, 0.25) is 0 Å². The maximum atomic E-state index is 13.7. The second kappa shape index (κ2) is 11.2. The van der Waals surface area contributed by atoms with Crippen molar-refractivity contribution < 1.29 is 23.0 Å². The van der Waals surface area contributed by atoms with Crippen molar-refractivity contribution in [3.63, 3.8) is 0 Å². The summed E-state index contributed by atoms with van der Waals surface area (Å²) in [5.41, 5.74) is 2.54. The third-order valence-electron chi connectivity index (χ3n) is 6.15. The summed E-state index contributed by atoms with van der Waals surface area (Å²) < 4.78 is 37.9. The van der Waals surface area contributed by atoms with Crippen molar-refractivity contribution >= 4 is 11.7 Å². The second-order valence-corrected chi connectivity index (χ2v) is 8.37. The number of carbonyl (C=O) groups excluding carboxylic acids is 1. The number of nitrogens with one attached hydrogen (secondary N) is 3. The zero-order valence-electron chi connectivity index (χ0n) is 19.6. The molecule has 3 N–H and O–H groups in total. The van der Waals surface area contributed by atoms with Gasteiger partial charge in [-0.1, -0.05) is 36.4 Å². The van der Waals surface area contributed by atoms with Gasteiger partial charge in [-0.15, -0.1) is 0 Å². The van der Waals surface area contributed by atoms with Crippen molar-refractivity contribution in [2.75, 3.05) is 32.6 Å². The van der Waals surface area contributed by atoms with Crippen LogP contribution >= 0.6 is 0 Å². The Morgan fingerprint density at radius 1 is 1.09 bits per heavy atom. The fourth-order valence-electron chi connectivity index (χ4n) is 4.30. The van der Waals surface area contributed by atoms with Gasteiger partial charge in [-0.3, -0.25) is 0 Å². The van der Waals surface area contributed by atoms with E-state index < -0.39 is 17.7 Å². The molecule has 0 radical (unpaired) electrons. The number of anilines is 1. The van der Waals surface area contributed by atoms with Crippen LogP contribution < -0.4 is 20.7 Å². The van der Waals surface area contributed by atoms with Gasteiger partial charge in [-0.2, -0.15) is 0 Å². The lowest BCUT2D eigenvalue weighted by Gasteiger charge is -2.25. The minimum atomic E-state index is -0.912. The summed E-state index contributed by atoms with van der Waals surface area (Å²) >= 11 is 0. The largest absolute Gasteiger partial charge is 0.481 e. The molecule has 4 rings (SSSR count). The van der Waals surface area contributed by atoms with Gasteiger partial charge in [0.15, 0.2) is 11.6 Å². The number of hydrogen-bond donors (Lipinski definition) is 3. The second-order valence-electron chi connectivity index (χ2n) is 8.37. The molecule has 7 nitrogen and oxygen atoms in total. The minimum Gasteiger partial charge on any atom is -0.481 e. The van der Waals surface area contributed by atoms with Gasteiger partial charge < -0.3 is 25.4 Å². The number of rotatable bonds is 8. The van der Waals surface area contributed by atoms with Crippen LogP contribution in [-0.2, 0) is 4.74 Å². The van der Waals surface area contributed by atoms with Crippen LogP contribution in [0.3, 0.4) is 0 Å². The molecular formula is C26H28F2N4O3. The fourth-order valence-corrected chi connectivity index (χ4v) is 4.30. The zero-order chi connectivity index (χ0) is 24.8. The van der Waals surface area contributed by atoms with Crippen molar-refractivity contribution in [3.05, 3.63) is 77.9 Å². The normalized spacial score (nSPS) is 18.2. The van der Waals surface area contributed by atoms with E-state index in [0.717, 1.165) is 17.7 Å². The first kappa shape index (κ1) is 24.6. The first-order valence-corrected chi connectivity index (χ1v) is 11.3.